The van der Waals surface area contributed by atoms with Crippen molar-refractivity contribution in [2.45, 2.75) is 65.8 Å². The first-order valence-corrected chi connectivity index (χ1v) is 10.1. The van der Waals surface area contributed by atoms with Crippen molar-refractivity contribution in [2.24, 2.45) is 17.6 Å². The van der Waals surface area contributed by atoms with Gasteiger partial charge in [-0.25, -0.2) is 14.1 Å². The maximum atomic E-state index is 13.1. The normalized spacial score (nSPS) is 13.2. The SMILES string of the molecule is COC(C(=O)CCC(C)C)N(C(=O)OCc1ccc(F)cc1)C(=O)[C@@H](N)CC(C)C. The van der Waals surface area contributed by atoms with Crippen LogP contribution in [0.2, 0.25) is 0 Å². The lowest BCUT2D eigenvalue weighted by atomic mass is 10.0. The molecule has 0 fully saturated rings. The molecule has 7 nitrogen and oxygen atoms in total. The fourth-order valence-electron chi connectivity index (χ4n) is 2.82. The van der Waals surface area contributed by atoms with Gasteiger partial charge in [-0.15, -0.1) is 0 Å². The number of hydrogen-bond donors (Lipinski definition) is 1. The maximum absolute atomic E-state index is 13.1. The van der Waals surface area contributed by atoms with Crippen molar-refractivity contribution in [1.29, 1.82) is 0 Å². The molecular formula is C22H33FN2O5. The minimum absolute atomic E-state index is 0.110. The van der Waals surface area contributed by atoms with E-state index in [1.165, 1.54) is 31.4 Å². The summed E-state index contributed by atoms with van der Waals surface area (Å²) in [4.78, 5) is 39.1. The summed E-state index contributed by atoms with van der Waals surface area (Å²) in [6, 6.07) is 4.40. The number of ether oxygens (including phenoxy) is 2. The molecule has 1 aromatic carbocycles. The summed E-state index contributed by atoms with van der Waals surface area (Å²) in [5.41, 5.74) is 6.52. The zero-order valence-electron chi connectivity index (χ0n) is 18.4. The van der Waals surface area contributed by atoms with Crippen LogP contribution < -0.4 is 5.73 Å². The van der Waals surface area contributed by atoms with Crippen LogP contribution in [0.5, 0.6) is 0 Å². The second-order valence-electron chi connectivity index (χ2n) is 8.11. The second-order valence-corrected chi connectivity index (χ2v) is 8.11. The number of halogens is 1. The van der Waals surface area contributed by atoms with Gasteiger partial charge in [-0.2, -0.15) is 0 Å². The molecular weight excluding hydrogens is 391 g/mol. The Kier molecular flexibility index (Phi) is 10.6. The molecule has 1 rings (SSSR count). The molecule has 0 spiro atoms. The number of Topliss-reactive ketones (excluding diaryl/α,β-unsaturated/α-hetero) is 1. The quantitative estimate of drug-likeness (QED) is 0.545. The van der Waals surface area contributed by atoms with Gasteiger partial charge in [0.05, 0.1) is 6.04 Å². The van der Waals surface area contributed by atoms with Crippen LogP contribution in [0.15, 0.2) is 24.3 Å². The summed E-state index contributed by atoms with van der Waals surface area (Å²) >= 11 is 0. The van der Waals surface area contributed by atoms with E-state index in [0.717, 1.165) is 0 Å². The molecule has 0 aliphatic heterocycles. The molecule has 0 radical (unpaired) electrons. The summed E-state index contributed by atoms with van der Waals surface area (Å²) in [6.45, 7) is 7.53. The highest BCUT2D eigenvalue weighted by Gasteiger charge is 2.38. The molecule has 0 aromatic heterocycles. The average Bonchev–Trinajstić information content (AvgIpc) is 2.68. The van der Waals surface area contributed by atoms with Crippen molar-refractivity contribution in [3.8, 4) is 0 Å². The Balaban J connectivity index is 3.04. The number of nitrogens with zero attached hydrogens (tertiary/aromatic N) is 1. The Labute approximate surface area is 177 Å². The van der Waals surface area contributed by atoms with Gasteiger partial charge < -0.3 is 15.2 Å². The third-order valence-electron chi connectivity index (χ3n) is 4.45. The number of carbonyl (C=O) groups excluding carboxylic acids is 3. The minimum atomic E-state index is -1.42. The predicted molar refractivity (Wildman–Crippen MR) is 111 cm³/mol. The largest absolute Gasteiger partial charge is 0.444 e. The molecule has 1 unspecified atom stereocenters. The highest BCUT2D eigenvalue weighted by atomic mass is 19.1. The zero-order chi connectivity index (χ0) is 22.8. The van der Waals surface area contributed by atoms with Gasteiger partial charge in [0.15, 0.2) is 5.78 Å². The lowest BCUT2D eigenvalue weighted by Gasteiger charge is -2.29. The highest BCUT2D eigenvalue weighted by Crippen LogP contribution is 2.16. The molecule has 2 atom stereocenters. The Morgan fingerprint density at radius 3 is 2.17 bits per heavy atom. The maximum Gasteiger partial charge on any atom is 0.419 e. The topological polar surface area (TPSA) is 98.9 Å². The van der Waals surface area contributed by atoms with Crippen molar-refractivity contribution in [3.05, 3.63) is 35.6 Å². The molecule has 0 heterocycles. The monoisotopic (exact) mass is 424 g/mol. The van der Waals surface area contributed by atoms with Crippen LogP contribution in [-0.2, 0) is 25.7 Å². The van der Waals surface area contributed by atoms with E-state index in [1.807, 2.05) is 27.7 Å². The summed E-state index contributed by atoms with van der Waals surface area (Å²) in [6.07, 6.45) is -1.39. The number of carbonyl (C=O) groups is 3. The van der Waals surface area contributed by atoms with E-state index in [1.54, 1.807) is 0 Å². The van der Waals surface area contributed by atoms with E-state index in [-0.39, 0.29) is 24.9 Å². The van der Waals surface area contributed by atoms with Crippen LogP contribution in [0.3, 0.4) is 0 Å². The van der Waals surface area contributed by atoms with E-state index in [0.29, 0.717) is 23.3 Å². The van der Waals surface area contributed by atoms with Crippen LogP contribution >= 0.6 is 0 Å². The Morgan fingerprint density at radius 1 is 1.07 bits per heavy atom. The van der Waals surface area contributed by atoms with Gasteiger partial charge in [0, 0.05) is 13.5 Å². The van der Waals surface area contributed by atoms with E-state index >= 15 is 0 Å². The van der Waals surface area contributed by atoms with Crippen molar-refractivity contribution in [3.63, 3.8) is 0 Å². The lowest BCUT2D eigenvalue weighted by molar-refractivity contribution is -0.153. The average molecular weight is 425 g/mol. The highest BCUT2D eigenvalue weighted by molar-refractivity contribution is 6.00. The minimum Gasteiger partial charge on any atom is -0.444 e. The van der Waals surface area contributed by atoms with Crippen LogP contribution in [0, 0.1) is 17.7 Å². The summed E-state index contributed by atoms with van der Waals surface area (Å²) < 4.78 is 23.5. The van der Waals surface area contributed by atoms with E-state index in [9.17, 15) is 18.8 Å². The standard InChI is InChI=1S/C22H33FN2O5/c1-14(2)6-11-19(26)21(29-5)25(20(27)18(24)12-15(3)4)22(28)30-13-16-7-9-17(23)10-8-16/h7-10,14-15,18,21H,6,11-13,24H2,1-5H3/t18-,21?/m0/s1. The number of amides is 2. The Hall–Kier alpha value is -2.32. The van der Waals surface area contributed by atoms with Crippen molar-refractivity contribution < 1.29 is 28.2 Å². The molecule has 168 valence electrons. The molecule has 2 amide bonds. The van der Waals surface area contributed by atoms with Crippen LogP contribution in [-0.4, -0.2) is 42.1 Å². The van der Waals surface area contributed by atoms with Gasteiger partial charge in [-0.3, -0.25) is 9.59 Å². The van der Waals surface area contributed by atoms with E-state index in [2.05, 4.69) is 0 Å². The zero-order valence-corrected chi connectivity index (χ0v) is 18.4. The molecule has 0 saturated carbocycles. The fraction of sp³-hybridized carbons (Fsp3) is 0.591. The molecule has 0 bridgehead atoms. The van der Waals surface area contributed by atoms with E-state index < -0.39 is 35.9 Å². The van der Waals surface area contributed by atoms with Crippen molar-refractivity contribution in [2.75, 3.05) is 7.11 Å². The number of benzene rings is 1. The first-order valence-electron chi connectivity index (χ1n) is 10.1. The van der Waals surface area contributed by atoms with Crippen molar-refractivity contribution >= 4 is 17.8 Å². The number of methoxy groups -OCH3 is 1. The van der Waals surface area contributed by atoms with Gasteiger partial charge in [0.1, 0.15) is 12.4 Å². The molecule has 2 N–H and O–H groups in total. The molecule has 30 heavy (non-hydrogen) atoms. The molecule has 8 heteroatoms. The van der Waals surface area contributed by atoms with Gasteiger partial charge in [0.2, 0.25) is 6.23 Å². The summed E-state index contributed by atoms with van der Waals surface area (Å²) in [5, 5.41) is 0. The molecule has 0 saturated heterocycles. The third kappa shape index (κ3) is 8.20. The van der Waals surface area contributed by atoms with Crippen LogP contribution in [0.4, 0.5) is 9.18 Å². The number of rotatable bonds is 11. The lowest BCUT2D eigenvalue weighted by Crippen LogP contribution is -2.55. The third-order valence-corrected chi connectivity index (χ3v) is 4.45. The van der Waals surface area contributed by atoms with Gasteiger partial charge in [-0.1, -0.05) is 39.8 Å². The molecule has 0 aliphatic rings. The number of ketones is 1. The Bertz CT molecular complexity index is 706. The van der Waals surface area contributed by atoms with Crippen molar-refractivity contribution in [1.82, 2.24) is 4.90 Å². The predicted octanol–water partition coefficient (Wildman–Crippen LogP) is 3.64. The summed E-state index contributed by atoms with van der Waals surface area (Å²) in [5.74, 6) is -1.19. The molecule has 0 aliphatic carbocycles. The van der Waals surface area contributed by atoms with E-state index in [4.69, 9.17) is 15.2 Å². The first kappa shape index (κ1) is 25.7. The summed E-state index contributed by atoms with van der Waals surface area (Å²) in [7, 11) is 1.25. The van der Waals surface area contributed by atoms with Gasteiger partial charge in [-0.05, 0) is 42.4 Å². The van der Waals surface area contributed by atoms with Crippen LogP contribution in [0.1, 0.15) is 52.5 Å². The second kappa shape index (κ2) is 12.4. The smallest absolute Gasteiger partial charge is 0.419 e. The van der Waals surface area contributed by atoms with Gasteiger partial charge in [0.25, 0.3) is 5.91 Å². The van der Waals surface area contributed by atoms with Gasteiger partial charge >= 0.3 is 6.09 Å². The number of imide groups is 1. The molecule has 1 aromatic rings. The van der Waals surface area contributed by atoms with Crippen LogP contribution in [0.25, 0.3) is 0 Å². The fourth-order valence-corrected chi connectivity index (χ4v) is 2.82. The number of hydrogen-bond acceptors (Lipinski definition) is 6. The Morgan fingerprint density at radius 2 is 1.67 bits per heavy atom. The number of nitrogens with two attached hydrogens (primary N) is 1. The first-order chi connectivity index (χ1) is 14.1.